The quantitative estimate of drug-likeness (QED) is 0.857. The summed E-state index contributed by atoms with van der Waals surface area (Å²) in [5.74, 6) is 0.464. The summed E-state index contributed by atoms with van der Waals surface area (Å²) in [4.78, 5) is 26.3. The Balaban J connectivity index is 0.00000208. The minimum absolute atomic E-state index is 0. The van der Waals surface area contributed by atoms with Crippen LogP contribution in [-0.4, -0.2) is 44.6 Å². The summed E-state index contributed by atoms with van der Waals surface area (Å²) in [5, 5.41) is 6.35. The number of methoxy groups -OCH3 is 1. The number of ether oxygens (including phenoxy) is 1. The van der Waals surface area contributed by atoms with Gasteiger partial charge in [-0.1, -0.05) is 0 Å². The fourth-order valence-corrected chi connectivity index (χ4v) is 3.19. The highest BCUT2D eigenvalue weighted by atomic mass is 35.5. The summed E-state index contributed by atoms with van der Waals surface area (Å²) < 4.78 is 5.13. The van der Waals surface area contributed by atoms with E-state index in [1.54, 1.807) is 12.0 Å². The Bertz CT molecular complexity index is 573. The van der Waals surface area contributed by atoms with E-state index in [2.05, 4.69) is 10.6 Å². The number of carbonyl (C=O) groups is 2. The van der Waals surface area contributed by atoms with E-state index >= 15 is 0 Å². The summed E-state index contributed by atoms with van der Waals surface area (Å²) in [6.45, 7) is 2.27. The fraction of sp³-hybridized carbons (Fsp3) is 0.529. The van der Waals surface area contributed by atoms with Gasteiger partial charge in [-0.25, -0.2) is 0 Å². The predicted octanol–water partition coefficient (Wildman–Crippen LogP) is 1.34. The van der Waals surface area contributed by atoms with Crippen molar-refractivity contribution in [3.63, 3.8) is 0 Å². The lowest BCUT2D eigenvalue weighted by atomic mass is 10.0. The van der Waals surface area contributed by atoms with Gasteiger partial charge in [0, 0.05) is 31.2 Å². The van der Waals surface area contributed by atoms with Crippen LogP contribution in [-0.2, 0) is 9.59 Å². The third-order valence-electron chi connectivity index (χ3n) is 4.52. The second kappa shape index (κ2) is 8.35. The SMILES string of the molecule is COc1ccc(N2CC(C(=O)N[C@H]3CCCNC3)CC2=O)cc1.Cl. The number of anilines is 1. The second-order valence-electron chi connectivity index (χ2n) is 6.16. The Hall–Kier alpha value is -1.79. The van der Waals surface area contributed by atoms with Gasteiger partial charge in [0.15, 0.2) is 0 Å². The molecule has 1 aromatic rings. The highest BCUT2D eigenvalue weighted by Crippen LogP contribution is 2.27. The molecule has 24 heavy (non-hydrogen) atoms. The van der Waals surface area contributed by atoms with Crippen LogP contribution in [0.2, 0.25) is 0 Å². The minimum atomic E-state index is -0.272. The summed E-state index contributed by atoms with van der Waals surface area (Å²) in [6, 6.07) is 7.53. The minimum Gasteiger partial charge on any atom is -0.497 e. The van der Waals surface area contributed by atoms with Crippen LogP contribution in [0.4, 0.5) is 5.69 Å². The number of piperidine rings is 1. The van der Waals surface area contributed by atoms with Gasteiger partial charge in [-0.15, -0.1) is 12.4 Å². The zero-order valence-corrected chi connectivity index (χ0v) is 14.6. The average molecular weight is 354 g/mol. The van der Waals surface area contributed by atoms with Crippen LogP contribution in [0.3, 0.4) is 0 Å². The van der Waals surface area contributed by atoms with Crippen LogP contribution in [0, 0.1) is 5.92 Å². The van der Waals surface area contributed by atoms with Gasteiger partial charge in [0.1, 0.15) is 5.75 Å². The number of hydrogen-bond acceptors (Lipinski definition) is 4. The Kier molecular flexibility index (Phi) is 6.45. The number of rotatable bonds is 4. The van der Waals surface area contributed by atoms with Gasteiger partial charge in [0.2, 0.25) is 11.8 Å². The largest absolute Gasteiger partial charge is 0.497 e. The predicted molar refractivity (Wildman–Crippen MR) is 94.7 cm³/mol. The molecular formula is C17H24ClN3O3. The van der Waals surface area contributed by atoms with Crippen LogP contribution in [0.5, 0.6) is 5.75 Å². The zero-order chi connectivity index (χ0) is 16.2. The van der Waals surface area contributed by atoms with Crippen LogP contribution in [0.25, 0.3) is 0 Å². The molecule has 1 unspecified atom stereocenters. The lowest BCUT2D eigenvalue weighted by Gasteiger charge is -2.25. The summed E-state index contributed by atoms with van der Waals surface area (Å²) in [6.07, 6.45) is 2.35. The van der Waals surface area contributed by atoms with Crippen LogP contribution in [0.1, 0.15) is 19.3 Å². The van der Waals surface area contributed by atoms with E-state index in [1.165, 1.54) is 0 Å². The smallest absolute Gasteiger partial charge is 0.227 e. The maximum Gasteiger partial charge on any atom is 0.227 e. The molecule has 2 atom stereocenters. The average Bonchev–Trinajstić information content (AvgIpc) is 2.98. The van der Waals surface area contributed by atoms with Crippen molar-refractivity contribution in [2.24, 2.45) is 5.92 Å². The van der Waals surface area contributed by atoms with Crippen molar-refractivity contribution < 1.29 is 14.3 Å². The van der Waals surface area contributed by atoms with Crippen LogP contribution in [0.15, 0.2) is 24.3 Å². The number of hydrogen-bond donors (Lipinski definition) is 2. The molecule has 2 amide bonds. The van der Waals surface area contributed by atoms with E-state index < -0.39 is 0 Å². The van der Waals surface area contributed by atoms with E-state index in [-0.39, 0.29) is 42.6 Å². The topological polar surface area (TPSA) is 70.7 Å². The van der Waals surface area contributed by atoms with Crippen molar-refractivity contribution in [2.45, 2.75) is 25.3 Å². The Morgan fingerprint density at radius 2 is 2.08 bits per heavy atom. The van der Waals surface area contributed by atoms with Crippen molar-refractivity contribution in [1.29, 1.82) is 0 Å². The zero-order valence-electron chi connectivity index (χ0n) is 13.8. The van der Waals surface area contributed by atoms with Crippen molar-refractivity contribution in [3.8, 4) is 5.75 Å². The number of nitrogens with zero attached hydrogens (tertiary/aromatic N) is 1. The Morgan fingerprint density at radius 3 is 2.71 bits per heavy atom. The molecule has 2 heterocycles. The normalized spacial score (nSPS) is 23.5. The molecule has 132 valence electrons. The molecular weight excluding hydrogens is 330 g/mol. The molecule has 0 radical (unpaired) electrons. The number of amides is 2. The summed E-state index contributed by atoms with van der Waals surface area (Å²) in [7, 11) is 1.61. The first-order chi connectivity index (χ1) is 11.2. The van der Waals surface area contributed by atoms with Crippen LogP contribution < -0.4 is 20.3 Å². The van der Waals surface area contributed by atoms with Crippen LogP contribution >= 0.6 is 12.4 Å². The molecule has 7 heteroatoms. The highest BCUT2D eigenvalue weighted by Gasteiger charge is 2.35. The molecule has 2 saturated heterocycles. The molecule has 6 nitrogen and oxygen atoms in total. The van der Waals surface area contributed by atoms with Crippen molar-refractivity contribution in [2.75, 3.05) is 31.6 Å². The van der Waals surface area contributed by atoms with Crippen molar-refractivity contribution >= 4 is 29.9 Å². The molecule has 2 aliphatic heterocycles. The monoisotopic (exact) mass is 353 g/mol. The van der Waals surface area contributed by atoms with Crippen molar-refractivity contribution in [3.05, 3.63) is 24.3 Å². The molecule has 2 N–H and O–H groups in total. The molecule has 0 aliphatic carbocycles. The molecule has 1 aromatic carbocycles. The van der Waals surface area contributed by atoms with E-state index in [4.69, 9.17) is 4.74 Å². The molecule has 0 bridgehead atoms. The summed E-state index contributed by atoms with van der Waals surface area (Å²) >= 11 is 0. The molecule has 2 aliphatic rings. The van der Waals surface area contributed by atoms with Gasteiger partial charge >= 0.3 is 0 Å². The third kappa shape index (κ3) is 4.19. The van der Waals surface area contributed by atoms with E-state index in [0.29, 0.717) is 6.54 Å². The lowest BCUT2D eigenvalue weighted by molar-refractivity contribution is -0.127. The van der Waals surface area contributed by atoms with Crippen molar-refractivity contribution in [1.82, 2.24) is 10.6 Å². The van der Waals surface area contributed by atoms with Gasteiger partial charge < -0.3 is 20.3 Å². The van der Waals surface area contributed by atoms with Gasteiger partial charge in [-0.2, -0.15) is 0 Å². The fourth-order valence-electron chi connectivity index (χ4n) is 3.19. The van der Waals surface area contributed by atoms with E-state index in [1.807, 2.05) is 24.3 Å². The molecule has 3 rings (SSSR count). The highest BCUT2D eigenvalue weighted by molar-refractivity contribution is 6.00. The molecule has 0 aromatic heterocycles. The number of halogens is 1. The van der Waals surface area contributed by atoms with E-state index in [9.17, 15) is 9.59 Å². The number of benzene rings is 1. The maximum atomic E-state index is 12.4. The number of nitrogens with one attached hydrogen (secondary N) is 2. The first kappa shape index (κ1) is 18.5. The third-order valence-corrected chi connectivity index (χ3v) is 4.52. The molecule has 0 spiro atoms. The maximum absolute atomic E-state index is 12.4. The lowest BCUT2D eigenvalue weighted by Crippen LogP contribution is -2.47. The Labute approximate surface area is 148 Å². The molecule has 2 fully saturated rings. The summed E-state index contributed by atoms with van der Waals surface area (Å²) in [5.41, 5.74) is 0.811. The first-order valence-corrected chi connectivity index (χ1v) is 8.13. The Morgan fingerprint density at radius 1 is 1.33 bits per heavy atom. The van der Waals surface area contributed by atoms with Gasteiger partial charge in [-0.05, 0) is 43.7 Å². The number of carbonyl (C=O) groups excluding carboxylic acids is 2. The molecule has 0 saturated carbocycles. The van der Waals surface area contributed by atoms with Gasteiger partial charge in [-0.3, -0.25) is 9.59 Å². The van der Waals surface area contributed by atoms with Gasteiger partial charge in [0.25, 0.3) is 0 Å². The second-order valence-corrected chi connectivity index (χ2v) is 6.16. The first-order valence-electron chi connectivity index (χ1n) is 8.13. The van der Waals surface area contributed by atoms with E-state index in [0.717, 1.165) is 37.4 Å². The standard InChI is InChI=1S/C17H23N3O3.ClH/c1-23-15-6-4-14(5-7-15)20-11-12(9-16(20)21)17(22)19-13-3-2-8-18-10-13;/h4-7,12-13,18H,2-3,8-11H2,1H3,(H,19,22);1H/t12?,13-;/m0./s1. The van der Waals surface area contributed by atoms with Gasteiger partial charge in [0.05, 0.1) is 13.0 Å².